The minimum absolute atomic E-state index is 0.545. The van der Waals surface area contributed by atoms with Crippen molar-refractivity contribution in [2.24, 2.45) is 0 Å². The van der Waals surface area contributed by atoms with Gasteiger partial charge in [-0.05, 0) is 18.1 Å². The third-order valence-corrected chi connectivity index (χ3v) is 2.13. The Labute approximate surface area is 60.3 Å². The second-order valence-corrected chi connectivity index (χ2v) is 3.11. The van der Waals surface area contributed by atoms with Gasteiger partial charge < -0.3 is 5.11 Å². The normalized spacial score (nSPS) is 29.0. The Morgan fingerprint density at radius 3 is 2.60 bits per heavy atom. The predicted molar refractivity (Wildman–Crippen MR) is 39.7 cm³/mol. The first-order chi connectivity index (χ1) is 4.70. The van der Waals surface area contributed by atoms with Gasteiger partial charge >= 0.3 is 0 Å². The molecule has 0 saturated carbocycles. The van der Waals surface area contributed by atoms with Crippen molar-refractivity contribution in [3.63, 3.8) is 0 Å². The first-order valence-electron chi connectivity index (χ1n) is 3.51. The van der Waals surface area contributed by atoms with E-state index < -0.39 is 5.60 Å². The molecule has 0 fully saturated rings. The zero-order valence-corrected chi connectivity index (χ0v) is 5.96. The zero-order chi connectivity index (χ0) is 7.19. The lowest BCUT2D eigenvalue weighted by molar-refractivity contribution is 0.0329. The molecular weight excluding hydrogens is 124 g/mol. The van der Waals surface area contributed by atoms with Crippen LogP contribution in [0.1, 0.15) is 18.1 Å². The molecule has 1 atom stereocenters. The summed E-state index contributed by atoms with van der Waals surface area (Å²) in [5, 5.41) is 9.57. The molecule has 0 bridgehead atoms. The minimum Gasteiger partial charge on any atom is -0.385 e. The fraction of sp³-hybridized carbons (Fsp3) is 0.333. The predicted octanol–water partition coefficient (Wildman–Crippen LogP) is 1.45. The lowest BCUT2D eigenvalue weighted by Gasteiger charge is -2.35. The molecule has 0 spiro atoms. The molecule has 0 amide bonds. The Hall–Kier alpha value is -0.820. The molecule has 1 nitrogen and oxygen atoms in total. The summed E-state index contributed by atoms with van der Waals surface area (Å²) in [6.45, 7) is 1.86. The van der Waals surface area contributed by atoms with Crippen LogP contribution in [0.25, 0.3) is 0 Å². The number of hydrogen-bond acceptors (Lipinski definition) is 1. The maximum absolute atomic E-state index is 9.57. The van der Waals surface area contributed by atoms with E-state index in [0.29, 0.717) is 0 Å². The standard InChI is InChI=1S/C9H10O/c1-9(10)6-7-4-2-3-5-8(7)9/h2-5,10H,6H2,1H3/t9-/m0/s1. The summed E-state index contributed by atoms with van der Waals surface area (Å²) in [6, 6.07) is 8.02. The van der Waals surface area contributed by atoms with Crippen molar-refractivity contribution in [3.8, 4) is 0 Å². The Morgan fingerprint density at radius 1 is 1.40 bits per heavy atom. The van der Waals surface area contributed by atoms with Crippen molar-refractivity contribution >= 4 is 0 Å². The highest BCUT2D eigenvalue weighted by Crippen LogP contribution is 2.37. The molecule has 0 radical (unpaired) electrons. The van der Waals surface area contributed by atoms with Crippen molar-refractivity contribution in [1.29, 1.82) is 0 Å². The summed E-state index contributed by atoms with van der Waals surface area (Å²) in [7, 11) is 0. The summed E-state index contributed by atoms with van der Waals surface area (Å²) < 4.78 is 0. The molecule has 0 heterocycles. The Bertz CT molecular complexity index is 263. The van der Waals surface area contributed by atoms with E-state index in [0.717, 1.165) is 12.0 Å². The fourth-order valence-electron chi connectivity index (χ4n) is 1.56. The van der Waals surface area contributed by atoms with Crippen LogP contribution in [-0.4, -0.2) is 5.11 Å². The Balaban J connectivity index is 2.53. The maximum atomic E-state index is 9.57. The van der Waals surface area contributed by atoms with Crippen LogP contribution in [0.3, 0.4) is 0 Å². The van der Waals surface area contributed by atoms with Crippen molar-refractivity contribution in [2.45, 2.75) is 18.9 Å². The van der Waals surface area contributed by atoms with E-state index in [1.165, 1.54) is 5.56 Å². The second kappa shape index (κ2) is 1.61. The lowest BCUT2D eigenvalue weighted by atomic mass is 9.75. The van der Waals surface area contributed by atoms with E-state index in [9.17, 15) is 5.11 Å². The molecule has 1 heteroatoms. The topological polar surface area (TPSA) is 20.2 Å². The largest absolute Gasteiger partial charge is 0.385 e. The van der Waals surface area contributed by atoms with Gasteiger partial charge in [0.25, 0.3) is 0 Å². The smallest absolute Gasteiger partial charge is 0.0911 e. The highest BCUT2D eigenvalue weighted by molar-refractivity contribution is 5.41. The van der Waals surface area contributed by atoms with Crippen LogP contribution in [0.15, 0.2) is 24.3 Å². The van der Waals surface area contributed by atoms with Gasteiger partial charge in [0, 0.05) is 6.42 Å². The van der Waals surface area contributed by atoms with Gasteiger partial charge in [0.2, 0.25) is 0 Å². The molecule has 1 aliphatic rings. The van der Waals surface area contributed by atoms with Crippen molar-refractivity contribution < 1.29 is 5.11 Å². The highest BCUT2D eigenvalue weighted by Gasteiger charge is 2.35. The maximum Gasteiger partial charge on any atom is 0.0911 e. The molecule has 0 aromatic heterocycles. The first-order valence-corrected chi connectivity index (χ1v) is 3.51. The molecule has 52 valence electrons. The minimum atomic E-state index is -0.545. The summed E-state index contributed by atoms with van der Waals surface area (Å²) >= 11 is 0. The molecule has 2 rings (SSSR count). The van der Waals surface area contributed by atoms with Gasteiger partial charge in [-0.25, -0.2) is 0 Å². The van der Waals surface area contributed by atoms with Crippen LogP contribution in [0, 0.1) is 0 Å². The summed E-state index contributed by atoms with van der Waals surface area (Å²) in [4.78, 5) is 0. The van der Waals surface area contributed by atoms with Gasteiger partial charge in [-0.3, -0.25) is 0 Å². The monoisotopic (exact) mass is 134 g/mol. The van der Waals surface area contributed by atoms with Crippen molar-refractivity contribution in [3.05, 3.63) is 35.4 Å². The van der Waals surface area contributed by atoms with Gasteiger partial charge in [-0.1, -0.05) is 24.3 Å². The van der Waals surface area contributed by atoms with Crippen LogP contribution >= 0.6 is 0 Å². The van der Waals surface area contributed by atoms with Gasteiger partial charge in [0.05, 0.1) is 5.60 Å². The SMILES string of the molecule is C[C@]1(O)Cc2ccccc21. The highest BCUT2D eigenvalue weighted by atomic mass is 16.3. The molecule has 0 unspecified atom stereocenters. The molecule has 0 saturated heterocycles. The van der Waals surface area contributed by atoms with E-state index in [4.69, 9.17) is 0 Å². The Morgan fingerprint density at radius 2 is 2.10 bits per heavy atom. The third kappa shape index (κ3) is 0.611. The molecule has 1 aromatic carbocycles. The van der Waals surface area contributed by atoms with Gasteiger partial charge in [-0.15, -0.1) is 0 Å². The average Bonchev–Trinajstić information content (AvgIpc) is 1.86. The van der Waals surface area contributed by atoms with Crippen LogP contribution in [0.4, 0.5) is 0 Å². The zero-order valence-electron chi connectivity index (χ0n) is 5.96. The summed E-state index contributed by atoms with van der Waals surface area (Å²) in [6.07, 6.45) is 0.809. The van der Waals surface area contributed by atoms with Crippen LogP contribution in [-0.2, 0) is 12.0 Å². The van der Waals surface area contributed by atoms with E-state index in [1.807, 2.05) is 25.1 Å². The molecule has 1 aliphatic carbocycles. The van der Waals surface area contributed by atoms with E-state index in [2.05, 4.69) is 6.07 Å². The van der Waals surface area contributed by atoms with Gasteiger partial charge in [-0.2, -0.15) is 0 Å². The van der Waals surface area contributed by atoms with E-state index in [1.54, 1.807) is 0 Å². The number of aliphatic hydroxyl groups is 1. The quantitative estimate of drug-likeness (QED) is 0.569. The number of hydrogen-bond donors (Lipinski definition) is 1. The van der Waals surface area contributed by atoms with Crippen molar-refractivity contribution in [1.82, 2.24) is 0 Å². The average molecular weight is 134 g/mol. The van der Waals surface area contributed by atoms with Crippen LogP contribution in [0.5, 0.6) is 0 Å². The summed E-state index contributed by atoms with van der Waals surface area (Å²) in [5.74, 6) is 0. The molecular formula is C9H10O. The van der Waals surface area contributed by atoms with E-state index >= 15 is 0 Å². The van der Waals surface area contributed by atoms with Crippen LogP contribution < -0.4 is 0 Å². The first kappa shape index (κ1) is 5.93. The number of benzene rings is 1. The molecule has 1 N–H and O–H groups in total. The Kier molecular flexibility index (Phi) is 0.955. The third-order valence-electron chi connectivity index (χ3n) is 2.13. The fourth-order valence-corrected chi connectivity index (χ4v) is 1.56. The second-order valence-electron chi connectivity index (χ2n) is 3.11. The number of fused-ring (bicyclic) bond motifs is 1. The van der Waals surface area contributed by atoms with Crippen molar-refractivity contribution in [2.75, 3.05) is 0 Å². The summed E-state index contributed by atoms with van der Waals surface area (Å²) in [5.41, 5.74) is 1.83. The van der Waals surface area contributed by atoms with Crippen LogP contribution in [0.2, 0.25) is 0 Å². The van der Waals surface area contributed by atoms with Gasteiger partial charge in [0.15, 0.2) is 0 Å². The lowest BCUT2D eigenvalue weighted by Crippen LogP contribution is -2.34. The van der Waals surface area contributed by atoms with Gasteiger partial charge in [0.1, 0.15) is 0 Å². The molecule has 1 aromatic rings. The number of rotatable bonds is 0. The van der Waals surface area contributed by atoms with E-state index in [-0.39, 0.29) is 0 Å². The molecule has 0 aliphatic heterocycles. The molecule has 10 heavy (non-hydrogen) atoms.